The van der Waals surface area contributed by atoms with E-state index in [4.69, 9.17) is 15.9 Å². The first-order valence-corrected chi connectivity index (χ1v) is 6.71. The molecule has 4 nitrogen and oxygen atoms in total. The molecule has 1 atom stereocenters. The van der Waals surface area contributed by atoms with Crippen LogP contribution in [0.25, 0.3) is 0 Å². The Morgan fingerprint density at radius 1 is 1.47 bits per heavy atom. The summed E-state index contributed by atoms with van der Waals surface area (Å²) in [6.07, 6.45) is 1.04. The zero-order valence-electron chi connectivity index (χ0n) is 12.4. The van der Waals surface area contributed by atoms with Crippen molar-refractivity contribution in [3.8, 4) is 0 Å². The van der Waals surface area contributed by atoms with Gasteiger partial charge in [0.2, 0.25) is 0 Å². The summed E-state index contributed by atoms with van der Waals surface area (Å²) in [7, 11) is 1.70. The summed E-state index contributed by atoms with van der Waals surface area (Å²) in [6.45, 7) is 7.81. The molecule has 1 aromatic rings. The van der Waals surface area contributed by atoms with Gasteiger partial charge in [-0.25, -0.2) is 0 Å². The predicted octanol–water partition coefficient (Wildman–Crippen LogP) is 2.53. The fraction of sp³-hybridized carbons (Fsp3) is 0.533. The molecule has 1 unspecified atom stereocenters. The molecule has 19 heavy (non-hydrogen) atoms. The van der Waals surface area contributed by atoms with Crippen molar-refractivity contribution in [2.75, 3.05) is 25.2 Å². The van der Waals surface area contributed by atoms with Crippen molar-refractivity contribution in [3.05, 3.63) is 29.3 Å². The molecule has 0 saturated carbocycles. The number of aryl methyl sites for hydroxylation is 1. The smallest absolute Gasteiger partial charge is 0.124 e. The van der Waals surface area contributed by atoms with Crippen LogP contribution in [-0.4, -0.2) is 32.1 Å². The van der Waals surface area contributed by atoms with E-state index in [0.717, 1.165) is 29.8 Å². The Bertz CT molecular complexity index is 431. The number of methoxy groups -OCH3 is 1. The highest BCUT2D eigenvalue weighted by atomic mass is 16.5. The average Bonchev–Trinajstić information content (AvgIpc) is 2.39. The van der Waals surface area contributed by atoms with Crippen LogP contribution in [-0.2, 0) is 4.74 Å². The van der Waals surface area contributed by atoms with Crippen LogP contribution in [0.1, 0.15) is 31.4 Å². The summed E-state index contributed by atoms with van der Waals surface area (Å²) in [5, 5.41) is 7.76. The highest BCUT2D eigenvalue weighted by molar-refractivity contribution is 6.00. The summed E-state index contributed by atoms with van der Waals surface area (Å²) in [4.78, 5) is 2.26. The molecule has 0 heterocycles. The second kappa shape index (κ2) is 7.14. The Morgan fingerprint density at radius 3 is 2.68 bits per heavy atom. The first-order chi connectivity index (χ1) is 9.01. The van der Waals surface area contributed by atoms with Gasteiger partial charge in [-0.2, -0.15) is 0 Å². The zero-order valence-corrected chi connectivity index (χ0v) is 12.4. The van der Waals surface area contributed by atoms with Gasteiger partial charge < -0.3 is 15.4 Å². The fourth-order valence-corrected chi connectivity index (χ4v) is 2.10. The average molecular weight is 263 g/mol. The molecule has 0 saturated heterocycles. The SMILES string of the molecule is CCC(C)N(CCOC)c1ccc(C)cc1C(=N)N. The van der Waals surface area contributed by atoms with Gasteiger partial charge in [-0.3, -0.25) is 5.41 Å². The third-order valence-electron chi connectivity index (χ3n) is 3.41. The van der Waals surface area contributed by atoms with Gasteiger partial charge in [0.05, 0.1) is 6.61 Å². The number of nitrogens with zero attached hydrogens (tertiary/aromatic N) is 1. The van der Waals surface area contributed by atoms with Gasteiger partial charge in [0.25, 0.3) is 0 Å². The lowest BCUT2D eigenvalue weighted by Crippen LogP contribution is -2.37. The van der Waals surface area contributed by atoms with Crippen LogP contribution in [0, 0.1) is 12.3 Å². The number of anilines is 1. The largest absolute Gasteiger partial charge is 0.384 e. The van der Waals surface area contributed by atoms with E-state index < -0.39 is 0 Å². The lowest BCUT2D eigenvalue weighted by molar-refractivity contribution is 0.203. The first-order valence-electron chi connectivity index (χ1n) is 6.71. The second-order valence-corrected chi connectivity index (χ2v) is 4.88. The minimum atomic E-state index is 0.115. The molecule has 0 aliphatic carbocycles. The van der Waals surface area contributed by atoms with Crippen LogP contribution >= 0.6 is 0 Å². The van der Waals surface area contributed by atoms with Crippen molar-refractivity contribution in [3.63, 3.8) is 0 Å². The highest BCUT2D eigenvalue weighted by Crippen LogP contribution is 2.24. The third kappa shape index (κ3) is 3.96. The standard InChI is InChI=1S/C15H25N3O/c1-5-12(3)18(8-9-19-4)14-7-6-11(2)10-13(14)15(16)17/h6-7,10,12H,5,8-9H2,1-4H3,(H3,16,17). The van der Waals surface area contributed by atoms with Crippen LogP contribution < -0.4 is 10.6 Å². The quantitative estimate of drug-likeness (QED) is 0.587. The van der Waals surface area contributed by atoms with E-state index in [9.17, 15) is 0 Å². The molecule has 0 bridgehead atoms. The van der Waals surface area contributed by atoms with E-state index in [-0.39, 0.29) is 5.84 Å². The van der Waals surface area contributed by atoms with E-state index in [1.165, 1.54) is 0 Å². The second-order valence-electron chi connectivity index (χ2n) is 4.88. The van der Waals surface area contributed by atoms with Crippen LogP contribution in [0.4, 0.5) is 5.69 Å². The molecule has 0 aliphatic rings. The topological polar surface area (TPSA) is 62.3 Å². The van der Waals surface area contributed by atoms with Gasteiger partial charge in [0.15, 0.2) is 0 Å². The molecule has 106 valence electrons. The lowest BCUT2D eigenvalue weighted by Gasteiger charge is -2.32. The van der Waals surface area contributed by atoms with Gasteiger partial charge in [-0.05, 0) is 32.4 Å². The van der Waals surface area contributed by atoms with Gasteiger partial charge in [-0.15, -0.1) is 0 Å². The van der Waals surface area contributed by atoms with Gasteiger partial charge >= 0.3 is 0 Å². The lowest BCUT2D eigenvalue weighted by atomic mass is 10.1. The van der Waals surface area contributed by atoms with E-state index in [1.54, 1.807) is 7.11 Å². The number of ether oxygens (including phenoxy) is 1. The van der Waals surface area contributed by atoms with Crippen molar-refractivity contribution in [1.82, 2.24) is 0 Å². The molecule has 3 N–H and O–H groups in total. The van der Waals surface area contributed by atoms with Crippen molar-refractivity contribution in [2.24, 2.45) is 5.73 Å². The van der Waals surface area contributed by atoms with Crippen molar-refractivity contribution in [1.29, 1.82) is 5.41 Å². The highest BCUT2D eigenvalue weighted by Gasteiger charge is 2.17. The first kappa shape index (κ1) is 15.5. The zero-order chi connectivity index (χ0) is 14.4. The number of nitrogens with one attached hydrogen (secondary N) is 1. The molecule has 4 heteroatoms. The number of nitrogen functional groups attached to an aromatic ring is 1. The predicted molar refractivity (Wildman–Crippen MR) is 81.2 cm³/mol. The maximum Gasteiger partial charge on any atom is 0.124 e. The summed E-state index contributed by atoms with van der Waals surface area (Å²) in [5.74, 6) is 0.115. The number of hydrogen-bond donors (Lipinski definition) is 2. The monoisotopic (exact) mass is 263 g/mol. The molecule has 0 fully saturated rings. The van der Waals surface area contributed by atoms with Crippen LogP contribution in [0.2, 0.25) is 0 Å². The number of nitrogens with two attached hydrogens (primary N) is 1. The van der Waals surface area contributed by atoms with E-state index in [2.05, 4.69) is 24.8 Å². The van der Waals surface area contributed by atoms with Crippen LogP contribution in [0.15, 0.2) is 18.2 Å². The van der Waals surface area contributed by atoms with Gasteiger partial charge in [-0.1, -0.05) is 18.6 Å². The number of hydrogen-bond acceptors (Lipinski definition) is 3. The molecule has 0 amide bonds. The van der Waals surface area contributed by atoms with Gasteiger partial charge in [0.1, 0.15) is 5.84 Å². The van der Waals surface area contributed by atoms with E-state index in [1.807, 2.05) is 19.1 Å². The molecule has 1 rings (SSSR count). The Balaban J connectivity index is 3.17. The summed E-state index contributed by atoms with van der Waals surface area (Å²) in [6, 6.07) is 6.47. The number of amidine groups is 1. The third-order valence-corrected chi connectivity index (χ3v) is 3.41. The van der Waals surface area contributed by atoms with Gasteiger partial charge in [0, 0.05) is 30.9 Å². The molecular formula is C15H25N3O. The van der Waals surface area contributed by atoms with E-state index >= 15 is 0 Å². The minimum Gasteiger partial charge on any atom is -0.384 e. The van der Waals surface area contributed by atoms with E-state index in [0.29, 0.717) is 12.6 Å². The normalized spacial score (nSPS) is 12.2. The Labute approximate surface area is 116 Å². The Hall–Kier alpha value is -1.55. The summed E-state index contributed by atoms with van der Waals surface area (Å²) in [5.41, 5.74) is 8.65. The molecule has 0 spiro atoms. The van der Waals surface area contributed by atoms with Crippen LogP contribution in [0.3, 0.4) is 0 Å². The van der Waals surface area contributed by atoms with Crippen molar-refractivity contribution in [2.45, 2.75) is 33.2 Å². The van der Waals surface area contributed by atoms with Crippen molar-refractivity contribution >= 4 is 11.5 Å². The Morgan fingerprint density at radius 2 is 2.16 bits per heavy atom. The minimum absolute atomic E-state index is 0.115. The molecular weight excluding hydrogens is 238 g/mol. The number of benzene rings is 1. The maximum atomic E-state index is 7.76. The van der Waals surface area contributed by atoms with Crippen molar-refractivity contribution < 1.29 is 4.74 Å². The fourth-order valence-electron chi connectivity index (χ4n) is 2.10. The molecule has 1 aromatic carbocycles. The molecule has 0 aliphatic heterocycles. The number of rotatable bonds is 7. The summed E-state index contributed by atoms with van der Waals surface area (Å²) < 4.78 is 5.19. The molecule has 0 radical (unpaired) electrons. The van der Waals surface area contributed by atoms with Crippen LogP contribution in [0.5, 0.6) is 0 Å². The molecule has 0 aromatic heterocycles. The summed E-state index contributed by atoms with van der Waals surface area (Å²) >= 11 is 0. The Kier molecular flexibility index (Phi) is 5.83. The maximum absolute atomic E-state index is 7.76.